The van der Waals surface area contributed by atoms with Gasteiger partial charge in [0, 0.05) is 43.3 Å². The first-order valence-corrected chi connectivity index (χ1v) is 7.67. The molecule has 7 heteroatoms. The number of nitrogens with one attached hydrogen (secondary N) is 2. The van der Waals surface area contributed by atoms with Crippen molar-refractivity contribution in [2.75, 3.05) is 26.4 Å². The van der Waals surface area contributed by atoms with Gasteiger partial charge in [0.2, 0.25) is 6.79 Å². The molecule has 3 heterocycles. The monoisotopic (exact) mass is 336 g/mol. The highest BCUT2D eigenvalue weighted by Crippen LogP contribution is 2.36. The second-order valence-electron chi connectivity index (χ2n) is 5.93. The Hall–Kier alpha value is -1.76. The number of aromatic amines is 1. The van der Waals surface area contributed by atoms with Gasteiger partial charge in [-0.1, -0.05) is 0 Å². The number of aromatic nitrogens is 2. The zero-order valence-electron chi connectivity index (χ0n) is 13.0. The van der Waals surface area contributed by atoms with E-state index in [1.807, 2.05) is 24.4 Å². The van der Waals surface area contributed by atoms with Gasteiger partial charge >= 0.3 is 0 Å². The smallest absolute Gasteiger partial charge is 0.231 e. The first kappa shape index (κ1) is 16.1. The van der Waals surface area contributed by atoms with Crippen molar-refractivity contribution in [3.05, 3.63) is 30.0 Å². The van der Waals surface area contributed by atoms with Crippen molar-refractivity contribution >= 4 is 12.4 Å². The summed E-state index contributed by atoms with van der Waals surface area (Å²) in [5.41, 5.74) is 3.36. The molecule has 2 aliphatic heterocycles. The largest absolute Gasteiger partial charge is 0.454 e. The van der Waals surface area contributed by atoms with E-state index in [0.717, 1.165) is 48.9 Å². The summed E-state index contributed by atoms with van der Waals surface area (Å²) in [6.07, 6.45) is 1.92. The van der Waals surface area contributed by atoms with Crippen molar-refractivity contribution < 1.29 is 9.47 Å². The van der Waals surface area contributed by atoms with Gasteiger partial charge in [-0.3, -0.25) is 10.00 Å². The Morgan fingerprint density at radius 1 is 1.30 bits per heavy atom. The fourth-order valence-corrected chi connectivity index (χ4v) is 3.13. The zero-order valence-corrected chi connectivity index (χ0v) is 13.9. The van der Waals surface area contributed by atoms with Crippen LogP contribution in [0.2, 0.25) is 0 Å². The lowest BCUT2D eigenvalue weighted by Gasteiger charge is -2.31. The highest BCUT2D eigenvalue weighted by Gasteiger charge is 2.19. The molecule has 0 bridgehead atoms. The average Bonchev–Trinajstić information content (AvgIpc) is 3.15. The summed E-state index contributed by atoms with van der Waals surface area (Å²) < 4.78 is 10.8. The van der Waals surface area contributed by atoms with E-state index in [9.17, 15) is 0 Å². The van der Waals surface area contributed by atoms with Crippen molar-refractivity contribution in [3.8, 4) is 22.8 Å². The standard InChI is InChI=1S/C16H20N4O2.ClH/c1-11-8-20(5-4-17-11)9-13-7-18-19-16(13)12-2-3-14-15(6-12)22-10-21-14;/h2-3,6-7,11,17H,4-5,8-10H2,1H3,(H,18,19);1H/t11-;/m1./s1. The van der Waals surface area contributed by atoms with Gasteiger partial charge in [-0.15, -0.1) is 12.4 Å². The predicted octanol–water partition coefficient (Wildman–Crippen LogP) is 2.02. The normalized spacial score (nSPS) is 20.3. The Morgan fingerprint density at radius 2 is 2.17 bits per heavy atom. The van der Waals surface area contributed by atoms with Crippen LogP contribution in [0, 0.1) is 0 Å². The van der Waals surface area contributed by atoms with Crippen molar-refractivity contribution in [1.29, 1.82) is 0 Å². The molecule has 2 N–H and O–H groups in total. The first-order valence-electron chi connectivity index (χ1n) is 7.67. The van der Waals surface area contributed by atoms with Crippen LogP contribution in [0.4, 0.5) is 0 Å². The van der Waals surface area contributed by atoms with E-state index in [1.165, 1.54) is 5.56 Å². The van der Waals surface area contributed by atoms with Crippen molar-refractivity contribution in [1.82, 2.24) is 20.4 Å². The minimum Gasteiger partial charge on any atom is -0.454 e. The molecule has 0 spiro atoms. The summed E-state index contributed by atoms with van der Waals surface area (Å²) >= 11 is 0. The molecular weight excluding hydrogens is 316 g/mol. The molecule has 0 saturated carbocycles. The van der Waals surface area contributed by atoms with E-state index < -0.39 is 0 Å². The third kappa shape index (κ3) is 3.29. The Balaban J connectivity index is 0.00000156. The van der Waals surface area contributed by atoms with Crippen LogP contribution in [-0.4, -0.2) is 47.6 Å². The Kier molecular flexibility index (Phi) is 4.75. The van der Waals surface area contributed by atoms with Gasteiger partial charge in [0.1, 0.15) is 0 Å². The molecule has 0 aliphatic carbocycles. The fourth-order valence-electron chi connectivity index (χ4n) is 3.13. The van der Waals surface area contributed by atoms with Crippen molar-refractivity contribution in [2.45, 2.75) is 19.5 Å². The highest BCUT2D eigenvalue weighted by atomic mass is 35.5. The number of nitrogens with zero attached hydrogens (tertiary/aromatic N) is 2. The lowest BCUT2D eigenvalue weighted by Crippen LogP contribution is -2.48. The molecule has 6 nitrogen and oxygen atoms in total. The number of hydrogen-bond donors (Lipinski definition) is 2. The summed E-state index contributed by atoms with van der Waals surface area (Å²) in [5.74, 6) is 1.61. The number of H-pyrrole nitrogens is 1. The van der Waals surface area contributed by atoms with Gasteiger partial charge in [0.05, 0.1) is 11.9 Å². The van der Waals surface area contributed by atoms with Crippen molar-refractivity contribution in [3.63, 3.8) is 0 Å². The number of ether oxygens (including phenoxy) is 2. The summed E-state index contributed by atoms with van der Waals surface area (Å²) in [6, 6.07) is 6.55. The molecule has 23 heavy (non-hydrogen) atoms. The molecule has 4 rings (SSSR count). The molecule has 1 atom stereocenters. The quantitative estimate of drug-likeness (QED) is 0.898. The van der Waals surface area contributed by atoms with E-state index in [2.05, 4.69) is 27.3 Å². The van der Waals surface area contributed by atoms with Gasteiger partial charge < -0.3 is 14.8 Å². The highest BCUT2D eigenvalue weighted by molar-refractivity contribution is 5.85. The fraction of sp³-hybridized carbons (Fsp3) is 0.438. The average molecular weight is 337 g/mol. The molecule has 1 aromatic heterocycles. The third-order valence-corrected chi connectivity index (χ3v) is 4.23. The van der Waals surface area contributed by atoms with Crippen LogP contribution >= 0.6 is 12.4 Å². The summed E-state index contributed by atoms with van der Waals surface area (Å²) in [5, 5.41) is 10.8. The minimum atomic E-state index is 0. The molecular formula is C16H21ClN4O2. The molecule has 1 saturated heterocycles. The Labute approximate surface area is 141 Å². The Bertz CT molecular complexity index is 676. The second-order valence-corrected chi connectivity index (χ2v) is 5.93. The molecule has 2 aliphatic rings. The number of hydrogen-bond acceptors (Lipinski definition) is 5. The molecule has 1 aromatic carbocycles. The van der Waals surface area contributed by atoms with Gasteiger partial charge in [-0.05, 0) is 25.1 Å². The van der Waals surface area contributed by atoms with Crippen LogP contribution in [0.5, 0.6) is 11.5 Å². The van der Waals surface area contributed by atoms with Crippen LogP contribution in [0.15, 0.2) is 24.4 Å². The zero-order chi connectivity index (χ0) is 14.9. The van der Waals surface area contributed by atoms with E-state index in [1.54, 1.807) is 0 Å². The molecule has 1 fully saturated rings. The number of piperazine rings is 1. The maximum absolute atomic E-state index is 5.47. The van der Waals surface area contributed by atoms with Crippen molar-refractivity contribution in [2.24, 2.45) is 0 Å². The van der Waals surface area contributed by atoms with Crippen LogP contribution in [0.1, 0.15) is 12.5 Å². The Morgan fingerprint density at radius 3 is 3.04 bits per heavy atom. The number of fused-ring (bicyclic) bond motifs is 1. The van der Waals surface area contributed by atoms with E-state index >= 15 is 0 Å². The molecule has 0 amide bonds. The van der Waals surface area contributed by atoms with Gasteiger partial charge in [0.15, 0.2) is 11.5 Å². The second kappa shape index (κ2) is 6.78. The van der Waals surface area contributed by atoms with Crippen LogP contribution < -0.4 is 14.8 Å². The van der Waals surface area contributed by atoms with Crippen LogP contribution in [-0.2, 0) is 6.54 Å². The lowest BCUT2D eigenvalue weighted by molar-refractivity contribution is 0.174. The van der Waals surface area contributed by atoms with Crippen LogP contribution in [0.25, 0.3) is 11.3 Å². The topological polar surface area (TPSA) is 62.4 Å². The third-order valence-electron chi connectivity index (χ3n) is 4.23. The maximum Gasteiger partial charge on any atom is 0.231 e. The summed E-state index contributed by atoms with van der Waals surface area (Å²) in [6.45, 7) is 6.60. The van der Waals surface area contributed by atoms with Gasteiger partial charge in [-0.25, -0.2) is 0 Å². The number of benzene rings is 1. The van der Waals surface area contributed by atoms with E-state index in [0.29, 0.717) is 12.8 Å². The number of rotatable bonds is 3. The lowest BCUT2D eigenvalue weighted by atomic mass is 10.1. The molecule has 0 radical (unpaired) electrons. The van der Waals surface area contributed by atoms with Gasteiger partial charge in [0.25, 0.3) is 0 Å². The summed E-state index contributed by atoms with van der Waals surface area (Å²) in [4.78, 5) is 2.46. The van der Waals surface area contributed by atoms with Crippen LogP contribution in [0.3, 0.4) is 0 Å². The summed E-state index contributed by atoms with van der Waals surface area (Å²) in [7, 11) is 0. The minimum absolute atomic E-state index is 0. The molecule has 124 valence electrons. The predicted molar refractivity (Wildman–Crippen MR) is 90.1 cm³/mol. The molecule has 2 aromatic rings. The maximum atomic E-state index is 5.47. The first-order chi connectivity index (χ1) is 10.8. The SMILES string of the molecule is C[C@@H]1CN(Cc2cn[nH]c2-c2ccc3c(c2)OCO3)CCN1.Cl. The number of halogens is 1. The van der Waals surface area contributed by atoms with E-state index in [-0.39, 0.29) is 12.4 Å². The molecule has 0 unspecified atom stereocenters. The van der Waals surface area contributed by atoms with Gasteiger partial charge in [-0.2, -0.15) is 5.10 Å². The van der Waals surface area contributed by atoms with E-state index in [4.69, 9.17) is 9.47 Å².